The van der Waals surface area contributed by atoms with Crippen molar-refractivity contribution in [2.75, 3.05) is 31.1 Å². The van der Waals surface area contributed by atoms with Gasteiger partial charge in [-0.05, 0) is 32.0 Å². The summed E-state index contributed by atoms with van der Waals surface area (Å²) in [5.41, 5.74) is 1.58. The van der Waals surface area contributed by atoms with E-state index in [1.165, 1.54) is 12.3 Å². The first kappa shape index (κ1) is 18.0. The van der Waals surface area contributed by atoms with Crippen molar-refractivity contribution in [2.24, 2.45) is 0 Å². The first-order chi connectivity index (χ1) is 13.5. The fraction of sp³-hybridized carbons (Fsp3) is 0.300. The number of furan rings is 1. The van der Waals surface area contributed by atoms with Crippen molar-refractivity contribution < 1.29 is 14.1 Å². The lowest BCUT2D eigenvalue weighted by atomic mass is 10.1. The van der Waals surface area contributed by atoms with Gasteiger partial charge in [0.25, 0.3) is 11.6 Å². The summed E-state index contributed by atoms with van der Waals surface area (Å²) in [4.78, 5) is 31.7. The number of carbonyl (C=O) groups excluding carboxylic acids is 1. The zero-order valence-electron chi connectivity index (χ0n) is 15.7. The molecule has 8 heteroatoms. The molecule has 1 aliphatic heterocycles. The van der Waals surface area contributed by atoms with Gasteiger partial charge in [-0.3, -0.25) is 19.9 Å². The van der Waals surface area contributed by atoms with Gasteiger partial charge in [-0.1, -0.05) is 0 Å². The molecule has 8 nitrogen and oxygen atoms in total. The molecule has 28 heavy (non-hydrogen) atoms. The second-order valence-corrected chi connectivity index (χ2v) is 6.89. The monoisotopic (exact) mass is 380 g/mol. The van der Waals surface area contributed by atoms with Crippen LogP contribution in [-0.4, -0.2) is 46.9 Å². The number of hydrogen-bond acceptors (Lipinski definition) is 6. The van der Waals surface area contributed by atoms with Gasteiger partial charge in [0.15, 0.2) is 0 Å². The Morgan fingerprint density at radius 2 is 1.89 bits per heavy atom. The van der Waals surface area contributed by atoms with Crippen molar-refractivity contribution in [2.45, 2.75) is 13.8 Å². The number of anilines is 1. The van der Waals surface area contributed by atoms with E-state index >= 15 is 0 Å². The van der Waals surface area contributed by atoms with Crippen LogP contribution in [0, 0.1) is 24.0 Å². The highest BCUT2D eigenvalue weighted by Crippen LogP contribution is 2.33. The van der Waals surface area contributed by atoms with Crippen LogP contribution in [0.4, 0.5) is 11.4 Å². The van der Waals surface area contributed by atoms with Gasteiger partial charge in [0, 0.05) is 55.7 Å². The van der Waals surface area contributed by atoms with Crippen LogP contribution in [0.3, 0.4) is 0 Å². The van der Waals surface area contributed by atoms with Crippen molar-refractivity contribution >= 4 is 28.1 Å². The zero-order chi connectivity index (χ0) is 19.8. The van der Waals surface area contributed by atoms with Gasteiger partial charge in [0.05, 0.1) is 15.9 Å². The maximum absolute atomic E-state index is 12.8. The van der Waals surface area contributed by atoms with Crippen molar-refractivity contribution in [3.05, 3.63) is 63.9 Å². The van der Waals surface area contributed by atoms with Gasteiger partial charge in [-0.15, -0.1) is 0 Å². The lowest BCUT2D eigenvalue weighted by Crippen LogP contribution is -2.48. The van der Waals surface area contributed by atoms with Crippen LogP contribution in [0.5, 0.6) is 0 Å². The zero-order valence-corrected chi connectivity index (χ0v) is 15.7. The number of aryl methyl sites for hydroxylation is 2. The third kappa shape index (κ3) is 3.06. The van der Waals surface area contributed by atoms with Gasteiger partial charge in [-0.2, -0.15) is 0 Å². The number of rotatable bonds is 3. The summed E-state index contributed by atoms with van der Waals surface area (Å²) in [7, 11) is 0. The minimum absolute atomic E-state index is 0.0215. The van der Waals surface area contributed by atoms with Gasteiger partial charge in [-0.25, -0.2) is 0 Å². The van der Waals surface area contributed by atoms with Crippen LogP contribution in [0.15, 0.2) is 41.1 Å². The van der Waals surface area contributed by atoms with E-state index in [2.05, 4.69) is 9.88 Å². The molecule has 1 amide bonds. The van der Waals surface area contributed by atoms with Crippen LogP contribution < -0.4 is 4.90 Å². The maximum atomic E-state index is 12.8. The number of aromatic nitrogens is 1. The molecule has 0 N–H and O–H groups in total. The minimum atomic E-state index is -0.389. The molecule has 144 valence electrons. The number of piperazine rings is 1. The first-order valence-corrected chi connectivity index (χ1v) is 9.08. The molecule has 3 aromatic rings. The largest absolute Gasteiger partial charge is 0.466 e. The van der Waals surface area contributed by atoms with Gasteiger partial charge in [0.2, 0.25) is 0 Å². The molecule has 0 radical (unpaired) electrons. The quantitative estimate of drug-likeness (QED) is 0.511. The molecule has 4 rings (SSSR count). The number of benzene rings is 1. The Morgan fingerprint density at radius 3 is 2.54 bits per heavy atom. The highest BCUT2D eigenvalue weighted by Gasteiger charge is 2.26. The molecule has 1 aliphatic rings. The third-order valence-corrected chi connectivity index (χ3v) is 5.15. The van der Waals surface area contributed by atoms with E-state index in [9.17, 15) is 14.9 Å². The summed E-state index contributed by atoms with van der Waals surface area (Å²) in [6, 6.07) is 6.88. The number of nitro benzene ring substituents is 1. The highest BCUT2D eigenvalue weighted by atomic mass is 16.6. The van der Waals surface area contributed by atoms with E-state index in [0.29, 0.717) is 42.9 Å². The summed E-state index contributed by atoms with van der Waals surface area (Å²) >= 11 is 0. The molecule has 1 aromatic carbocycles. The lowest BCUT2D eigenvalue weighted by Gasteiger charge is -2.36. The molecule has 1 fully saturated rings. The molecular formula is C20H20N4O4. The van der Waals surface area contributed by atoms with E-state index in [0.717, 1.165) is 16.8 Å². The third-order valence-electron chi connectivity index (χ3n) is 5.15. The summed E-state index contributed by atoms with van der Waals surface area (Å²) in [5.74, 6) is 1.34. The van der Waals surface area contributed by atoms with E-state index in [-0.39, 0.29) is 16.5 Å². The number of nitro groups is 1. The van der Waals surface area contributed by atoms with E-state index in [1.807, 2.05) is 11.8 Å². The van der Waals surface area contributed by atoms with Gasteiger partial charge in [0.1, 0.15) is 11.5 Å². The summed E-state index contributed by atoms with van der Waals surface area (Å²) in [5, 5.41) is 12.6. The average molecular weight is 380 g/mol. The number of nitrogens with zero attached hydrogens (tertiary/aromatic N) is 4. The molecule has 0 unspecified atom stereocenters. The van der Waals surface area contributed by atoms with Crippen LogP contribution in [0.1, 0.15) is 21.9 Å². The minimum Gasteiger partial charge on any atom is -0.466 e. The van der Waals surface area contributed by atoms with Crippen LogP contribution in [0.2, 0.25) is 0 Å². The topological polar surface area (TPSA) is 92.7 Å². The van der Waals surface area contributed by atoms with E-state index in [4.69, 9.17) is 4.42 Å². The molecule has 0 atom stereocenters. The normalized spacial score (nSPS) is 14.5. The van der Waals surface area contributed by atoms with Crippen molar-refractivity contribution in [3.63, 3.8) is 0 Å². The smallest absolute Gasteiger partial charge is 0.278 e. The second-order valence-electron chi connectivity index (χ2n) is 6.89. The van der Waals surface area contributed by atoms with Crippen molar-refractivity contribution in [3.8, 4) is 0 Å². The highest BCUT2D eigenvalue weighted by molar-refractivity contribution is 6.00. The standard InChI is InChI=1S/C20H20N4O4/c1-13-11-16(14(2)28-13)20(25)23-9-7-22(8-10-23)18-3-4-19(24(26)27)17-12-21-6-5-15(17)18/h3-6,11-12H,7-10H2,1-2H3. The van der Waals surface area contributed by atoms with Gasteiger partial charge >= 0.3 is 0 Å². The summed E-state index contributed by atoms with van der Waals surface area (Å²) in [6.45, 7) is 6.08. The number of pyridine rings is 1. The van der Waals surface area contributed by atoms with Crippen molar-refractivity contribution in [1.82, 2.24) is 9.88 Å². The fourth-order valence-electron chi connectivity index (χ4n) is 3.76. The Labute approximate surface area is 161 Å². The van der Waals surface area contributed by atoms with Crippen LogP contribution in [-0.2, 0) is 0 Å². The molecule has 0 saturated carbocycles. The average Bonchev–Trinajstić information content (AvgIpc) is 3.04. The first-order valence-electron chi connectivity index (χ1n) is 9.08. The Morgan fingerprint density at radius 1 is 1.14 bits per heavy atom. The van der Waals surface area contributed by atoms with Crippen molar-refractivity contribution in [1.29, 1.82) is 0 Å². The van der Waals surface area contributed by atoms with Gasteiger partial charge < -0.3 is 14.2 Å². The molecule has 2 aromatic heterocycles. The van der Waals surface area contributed by atoms with Crippen LogP contribution >= 0.6 is 0 Å². The molecule has 0 spiro atoms. The van der Waals surface area contributed by atoms with Crippen LogP contribution in [0.25, 0.3) is 10.8 Å². The Bertz CT molecular complexity index is 1070. The summed E-state index contributed by atoms with van der Waals surface area (Å²) < 4.78 is 5.48. The SMILES string of the molecule is Cc1cc(C(=O)N2CCN(c3ccc([N+](=O)[O-])c4cnccc34)CC2)c(C)o1. The fourth-order valence-corrected chi connectivity index (χ4v) is 3.76. The Kier molecular flexibility index (Phi) is 4.46. The molecule has 0 aliphatic carbocycles. The number of fused-ring (bicyclic) bond motifs is 1. The predicted octanol–water partition coefficient (Wildman–Crippen LogP) is 3.32. The molecule has 1 saturated heterocycles. The predicted molar refractivity (Wildman–Crippen MR) is 105 cm³/mol. The maximum Gasteiger partial charge on any atom is 0.278 e. The molecule has 0 bridgehead atoms. The Balaban J connectivity index is 1.56. The van der Waals surface area contributed by atoms with E-state index < -0.39 is 0 Å². The number of carbonyl (C=O) groups is 1. The number of hydrogen-bond donors (Lipinski definition) is 0. The molecule has 3 heterocycles. The summed E-state index contributed by atoms with van der Waals surface area (Å²) in [6.07, 6.45) is 3.17. The molecular weight excluding hydrogens is 360 g/mol. The number of non-ortho nitro benzene ring substituents is 1. The van der Waals surface area contributed by atoms with E-state index in [1.54, 1.807) is 31.3 Å². The lowest BCUT2D eigenvalue weighted by molar-refractivity contribution is -0.383. The second kappa shape index (κ2) is 6.95. The Hall–Kier alpha value is -3.42. The number of amides is 1.